The van der Waals surface area contributed by atoms with Gasteiger partial charge in [-0.15, -0.1) is 22.7 Å². The largest absolute Gasteiger partial charge is 0.246 e. The lowest BCUT2D eigenvalue weighted by atomic mass is 10.4. The number of nitrogens with zero attached hydrogens (tertiary/aromatic N) is 2. The van der Waals surface area contributed by atoms with Gasteiger partial charge in [-0.3, -0.25) is 0 Å². The van der Waals surface area contributed by atoms with Crippen LogP contribution in [0.4, 0.5) is 0 Å². The van der Waals surface area contributed by atoms with Crippen molar-refractivity contribution < 1.29 is 0 Å². The van der Waals surface area contributed by atoms with Gasteiger partial charge in [-0.1, -0.05) is 6.92 Å². The van der Waals surface area contributed by atoms with Gasteiger partial charge in [0, 0.05) is 16.5 Å². The van der Waals surface area contributed by atoms with E-state index in [0.29, 0.717) is 0 Å². The van der Waals surface area contributed by atoms with Gasteiger partial charge in [0.25, 0.3) is 0 Å². The highest BCUT2D eigenvalue weighted by molar-refractivity contribution is 7.11. The van der Waals surface area contributed by atoms with Crippen LogP contribution in [0.3, 0.4) is 0 Å². The van der Waals surface area contributed by atoms with E-state index in [1.165, 1.54) is 15.7 Å². The zero-order valence-corrected chi connectivity index (χ0v) is 9.91. The van der Waals surface area contributed by atoms with E-state index in [9.17, 15) is 0 Å². The summed E-state index contributed by atoms with van der Waals surface area (Å²) in [5.41, 5.74) is 2.30. The monoisotopic (exact) mass is 224 g/mol. The minimum Gasteiger partial charge on any atom is -0.246 e. The molecular weight excluding hydrogens is 212 g/mol. The number of hydrogen-bond donors (Lipinski definition) is 0. The Hall–Kier alpha value is -0.740. The molecule has 2 aromatic heterocycles. The van der Waals surface area contributed by atoms with Crippen molar-refractivity contribution in [3.8, 4) is 0 Å². The highest BCUT2D eigenvalue weighted by atomic mass is 32.1. The average molecular weight is 224 g/mol. The molecule has 0 aliphatic heterocycles. The van der Waals surface area contributed by atoms with Gasteiger partial charge in [0.2, 0.25) is 0 Å². The number of aromatic nitrogens is 2. The molecule has 0 fully saturated rings. The quantitative estimate of drug-likeness (QED) is 0.800. The fourth-order valence-corrected chi connectivity index (χ4v) is 2.95. The van der Waals surface area contributed by atoms with E-state index in [2.05, 4.69) is 27.7 Å². The van der Waals surface area contributed by atoms with Crippen molar-refractivity contribution in [2.45, 2.75) is 26.7 Å². The summed E-state index contributed by atoms with van der Waals surface area (Å²) in [6.45, 7) is 4.16. The smallest absolute Gasteiger partial charge is 0.0996 e. The van der Waals surface area contributed by atoms with E-state index in [1.807, 2.05) is 6.92 Å². The molecule has 0 aromatic carbocycles. The van der Waals surface area contributed by atoms with E-state index >= 15 is 0 Å². The van der Waals surface area contributed by atoms with Gasteiger partial charge in [-0.25, -0.2) is 9.97 Å². The van der Waals surface area contributed by atoms with Crippen LogP contribution in [0.2, 0.25) is 0 Å². The molecule has 0 N–H and O–H groups in total. The third kappa shape index (κ3) is 2.19. The van der Waals surface area contributed by atoms with Crippen LogP contribution in [0, 0.1) is 6.92 Å². The third-order valence-electron chi connectivity index (χ3n) is 1.93. The first-order valence-corrected chi connectivity index (χ1v) is 6.38. The van der Waals surface area contributed by atoms with E-state index in [-0.39, 0.29) is 0 Å². The Bertz CT molecular complexity index is 417. The second-order valence-electron chi connectivity index (χ2n) is 3.15. The van der Waals surface area contributed by atoms with Gasteiger partial charge < -0.3 is 0 Å². The van der Waals surface area contributed by atoms with Crippen molar-refractivity contribution in [3.63, 3.8) is 0 Å². The standard InChI is InChI=1S/C10H12N2S2/c1-3-8-6-14-10(12-8)4-9-11-7(2)5-13-9/h5-6H,3-4H2,1-2H3. The SMILES string of the molecule is CCc1csc(Cc2nc(C)cs2)n1. The van der Waals surface area contributed by atoms with Crippen molar-refractivity contribution in [1.29, 1.82) is 0 Å². The fraction of sp³-hybridized carbons (Fsp3) is 0.400. The fourth-order valence-electron chi connectivity index (χ4n) is 1.21. The van der Waals surface area contributed by atoms with Gasteiger partial charge in [-0.2, -0.15) is 0 Å². The van der Waals surface area contributed by atoms with Crippen LogP contribution in [0.1, 0.15) is 28.3 Å². The van der Waals surface area contributed by atoms with E-state index < -0.39 is 0 Å². The molecule has 0 atom stereocenters. The molecule has 0 aliphatic carbocycles. The first kappa shape index (κ1) is 9.80. The van der Waals surface area contributed by atoms with Crippen LogP contribution in [0.15, 0.2) is 10.8 Å². The Morgan fingerprint density at radius 1 is 1.14 bits per heavy atom. The first-order chi connectivity index (χ1) is 6.78. The van der Waals surface area contributed by atoms with Crippen LogP contribution in [-0.4, -0.2) is 9.97 Å². The molecular formula is C10H12N2S2. The lowest BCUT2D eigenvalue weighted by molar-refractivity contribution is 1.01. The van der Waals surface area contributed by atoms with Crippen LogP contribution in [0.25, 0.3) is 0 Å². The highest BCUT2D eigenvalue weighted by Gasteiger charge is 2.04. The summed E-state index contributed by atoms with van der Waals surface area (Å²) in [5.74, 6) is 0. The molecule has 0 saturated heterocycles. The Labute approximate surface area is 91.7 Å². The van der Waals surface area contributed by atoms with E-state index in [0.717, 1.165) is 18.5 Å². The molecule has 0 amide bonds. The minimum absolute atomic E-state index is 0.892. The van der Waals surface area contributed by atoms with E-state index in [1.54, 1.807) is 22.7 Å². The van der Waals surface area contributed by atoms with Crippen molar-refractivity contribution in [2.24, 2.45) is 0 Å². The lowest BCUT2D eigenvalue weighted by Gasteiger charge is -1.89. The lowest BCUT2D eigenvalue weighted by Crippen LogP contribution is -1.87. The first-order valence-electron chi connectivity index (χ1n) is 4.62. The van der Waals surface area contributed by atoms with Gasteiger partial charge in [-0.05, 0) is 13.3 Å². The van der Waals surface area contributed by atoms with E-state index in [4.69, 9.17) is 0 Å². The van der Waals surface area contributed by atoms with Crippen LogP contribution in [-0.2, 0) is 12.8 Å². The number of rotatable bonds is 3. The predicted molar refractivity (Wildman–Crippen MR) is 61.1 cm³/mol. The molecule has 2 rings (SSSR count). The van der Waals surface area contributed by atoms with Crippen molar-refractivity contribution in [3.05, 3.63) is 32.2 Å². The van der Waals surface area contributed by atoms with Crippen molar-refractivity contribution in [2.75, 3.05) is 0 Å². The maximum absolute atomic E-state index is 4.52. The summed E-state index contributed by atoms with van der Waals surface area (Å²) >= 11 is 3.45. The van der Waals surface area contributed by atoms with Crippen LogP contribution >= 0.6 is 22.7 Å². The summed E-state index contributed by atoms with van der Waals surface area (Å²) in [5, 5.41) is 6.56. The molecule has 0 saturated carbocycles. The minimum atomic E-state index is 0.892. The van der Waals surface area contributed by atoms with Crippen molar-refractivity contribution in [1.82, 2.24) is 9.97 Å². The number of aryl methyl sites for hydroxylation is 2. The third-order valence-corrected chi connectivity index (χ3v) is 3.79. The molecule has 0 radical (unpaired) electrons. The summed E-state index contributed by atoms with van der Waals surface area (Å²) in [7, 11) is 0. The summed E-state index contributed by atoms with van der Waals surface area (Å²) < 4.78 is 0. The molecule has 4 heteroatoms. The summed E-state index contributed by atoms with van der Waals surface area (Å²) in [6.07, 6.45) is 1.91. The normalized spacial score (nSPS) is 10.7. The van der Waals surface area contributed by atoms with Gasteiger partial charge >= 0.3 is 0 Å². The van der Waals surface area contributed by atoms with Gasteiger partial charge in [0.05, 0.1) is 22.1 Å². The highest BCUT2D eigenvalue weighted by Crippen LogP contribution is 2.17. The Morgan fingerprint density at radius 2 is 1.86 bits per heavy atom. The molecule has 2 heterocycles. The zero-order chi connectivity index (χ0) is 9.97. The average Bonchev–Trinajstić information content (AvgIpc) is 2.76. The van der Waals surface area contributed by atoms with Crippen LogP contribution < -0.4 is 0 Å². The molecule has 0 aliphatic rings. The second kappa shape index (κ2) is 4.19. The molecule has 2 aromatic rings. The molecule has 0 spiro atoms. The maximum atomic E-state index is 4.52. The number of hydrogen-bond acceptors (Lipinski definition) is 4. The molecule has 0 unspecified atom stereocenters. The second-order valence-corrected chi connectivity index (χ2v) is 5.03. The topological polar surface area (TPSA) is 25.8 Å². The maximum Gasteiger partial charge on any atom is 0.0996 e. The Morgan fingerprint density at radius 3 is 2.43 bits per heavy atom. The molecule has 2 nitrogen and oxygen atoms in total. The summed E-state index contributed by atoms with van der Waals surface area (Å²) in [6, 6.07) is 0. The molecule has 14 heavy (non-hydrogen) atoms. The number of thiazole rings is 2. The Kier molecular flexibility index (Phi) is 2.93. The van der Waals surface area contributed by atoms with Crippen LogP contribution in [0.5, 0.6) is 0 Å². The molecule has 74 valence electrons. The van der Waals surface area contributed by atoms with Gasteiger partial charge in [0.1, 0.15) is 0 Å². The Balaban J connectivity index is 2.10. The van der Waals surface area contributed by atoms with Crippen molar-refractivity contribution >= 4 is 22.7 Å². The van der Waals surface area contributed by atoms with Gasteiger partial charge in [0.15, 0.2) is 0 Å². The molecule has 0 bridgehead atoms. The summed E-state index contributed by atoms with van der Waals surface area (Å²) in [4.78, 5) is 8.94. The predicted octanol–water partition coefficient (Wildman–Crippen LogP) is 3.06. The zero-order valence-electron chi connectivity index (χ0n) is 8.28.